The average Bonchev–Trinajstić information content (AvgIpc) is 2.75. The van der Waals surface area contributed by atoms with Crippen LogP contribution in [0.2, 0.25) is 0 Å². The Bertz CT molecular complexity index is 976. The summed E-state index contributed by atoms with van der Waals surface area (Å²) in [7, 11) is 2.12. The lowest BCUT2D eigenvalue weighted by atomic mass is 9.76. The molecule has 160 valence electrons. The first-order chi connectivity index (χ1) is 14.4. The minimum atomic E-state index is -1.49. The molecule has 30 heavy (non-hydrogen) atoms. The number of benzene rings is 2. The lowest BCUT2D eigenvalue weighted by Gasteiger charge is -2.42. The van der Waals surface area contributed by atoms with Crippen molar-refractivity contribution in [3.8, 4) is 16.9 Å². The molecule has 6 atom stereocenters. The Morgan fingerprint density at radius 3 is 2.60 bits per heavy atom. The number of phenolic OH excluding ortho intramolecular Hbond substituents is 1. The van der Waals surface area contributed by atoms with Gasteiger partial charge in [0.1, 0.15) is 36.3 Å². The average molecular weight is 413 g/mol. The Kier molecular flexibility index (Phi) is 4.85. The van der Waals surface area contributed by atoms with Gasteiger partial charge in [-0.2, -0.15) is 0 Å². The second-order valence-corrected chi connectivity index (χ2v) is 8.62. The summed E-state index contributed by atoms with van der Waals surface area (Å²) in [5, 5.41) is 51.6. The number of nitrogens with zero attached hydrogens (tertiary/aromatic N) is 1. The molecule has 1 aliphatic carbocycles. The first kappa shape index (κ1) is 19.9. The SMILES string of the molecule is CN1CCc2cccc3c2C1Cc1ccc([C@@H]2O[C@H](CO)[C@@H](O)[C@H](O)[C@H]2O)c(O)c1-3. The van der Waals surface area contributed by atoms with Crippen molar-refractivity contribution < 1.29 is 30.3 Å². The van der Waals surface area contributed by atoms with Crippen LogP contribution in [-0.2, 0) is 17.6 Å². The van der Waals surface area contributed by atoms with Gasteiger partial charge in [0.05, 0.1) is 6.61 Å². The Morgan fingerprint density at radius 2 is 1.83 bits per heavy atom. The van der Waals surface area contributed by atoms with E-state index in [2.05, 4.69) is 18.0 Å². The fourth-order valence-electron chi connectivity index (χ4n) is 5.29. The first-order valence-corrected chi connectivity index (χ1v) is 10.4. The minimum Gasteiger partial charge on any atom is -0.507 e. The van der Waals surface area contributed by atoms with Crippen molar-refractivity contribution in [2.75, 3.05) is 20.2 Å². The van der Waals surface area contributed by atoms with Gasteiger partial charge in [0, 0.05) is 23.7 Å². The van der Waals surface area contributed by atoms with Crippen LogP contribution in [0.25, 0.3) is 11.1 Å². The predicted molar refractivity (Wildman–Crippen MR) is 109 cm³/mol. The van der Waals surface area contributed by atoms with E-state index in [4.69, 9.17) is 4.74 Å². The minimum absolute atomic E-state index is 0.0110. The molecule has 2 aliphatic heterocycles. The quantitative estimate of drug-likeness (QED) is 0.492. The Balaban J connectivity index is 1.63. The third-order valence-corrected chi connectivity index (χ3v) is 6.97. The van der Waals surface area contributed by atoms with Crippen molar-refractivity contribution in [2.45, 2.75) is 49.4 Å². The molecule has 2 heterocycles. The van der Waals surface area contributed by atoms with Crippen LogP contribution in [0.15, 0.2) is 30.3 Å². The number of hydrogen-bond acceptors (Lipinski definition) is 7. The van der Waals surface area contributed by atoms with E-state index in [0.29, 0.717) is 5.56 Å². The van der Waals surface area contributed by atoms with E-state index in [1.54, 1.807) is 6.07 Å². The summed E-state index contributed by atoms with van der Waals surface area (Å²) < 4.78 is 5.69. The molecule has 7 nitrogen and oxygen atoms in total. The summed E-state index contributed by atoms with van der Waals surface area (Å²) in [6.45, 7) is 0.485. The molecule has 0 spiro atoms. The summed E-state index contributed by atoms with van der Waals surface area (Å²) in [6, 6.07) is 10.1. The van der Waals surface area contributed by atoms with Crippen LogP contribution in [0.4, 0.5) is 0 Å². The molecule has 5 rings (SSSR count). The van der Waals surface area contributed by atoms with E-state index in [-0.39, 0.29) is 11.8 Å². The number of likely N-dealkylation sites (N-methyl/N-ethyl adjacent to an activating group) is 1. The summed E-state index contributed by atoms with van der Waals surface area (Å²) in [6.07, 6.45) is -4.70. The molecule has 0 radical (unpaired) electrons. The van der Waals surface area contributed by atoms with Crippen LogP contribution in [-0.4, -0.2) is 75.0 Å². The maximum atomic E-state index is 11.3. The van der Waals surface area contributed by atoms with E-state index < -0.39 is 37.1 Å². The van der Waals surface area contributed by atoms with E-state index in [1.165, 1.54) is 11.1 Å². The van der Waals surface area contributed by atoms with E-state index in [9.17, 15) is 25.5 Å². The number of aliphatic hydroxyl groups excluding tert-OH is 4. The number of aromatic hydroxyl groups is 1. The Labute approximate surface area is 174 Å². The number of fused-ring (bicyclic) bond motifs is 2. The van der Waals surface area contributed by atoms with Gasteiger partial charge in [-0.3, -0.25) is 4.90 Å². The highest BCUT2D eigenvalue weighted by Gasteiger charge is 2.45. The molecule has 0 amide bonds. The summed E-state index contributed by atoms with van der Waals surface area (Å²) in [5.74, 6) is 0.0110. The molecule has 0 saturated carbocycles. The fraction of sp³-hybridized carbons (Fsp3) is 0.478. The van der Waals surface area contributed by atoms with Crippen LogP contribution in [0, 0.1) is 0 Å². The Hall–Kier alpha value is -2.00. The number of rotatable bonds is 2. The van der Waals surface area contributed by atoms with Crippen molar-refractivity contribution in [3.05, 3.63) is 52.6 Å². The van der Waals surface area contributed by atoms with Gasteiger partial charge >= 0.3 is 0 Å². The maximum absolute atomic E-state index is 11.3. The molecular formula is C23H27NO6. The van der Waals surface area contributed by atoms with E-state index in [1.807, 2.05) is 18.2 Å². The molecule has 1 saturated heterocycles. The van der Waals surface area contributed by atoms with Crippen molar-refractivity contribution in [1.29, 1.82) is 0 Å². The second kappa shape index (κ2) is 7.30. The van der Waals surface area contributed by atoms with Crippen molar-refractivity contribution in [2.24, 2.45) is 0 Å². The molecule has 2 aromatic rings. The third-order valence-electron chi connectivity index (χ3n) is 6.97. The highest BCUT2D eigenvalue weighted by atomic mass is 16.5. The van der Waals surface area contributed by atoms with Gasteiger partial charge in [0.25, 0.3) is 0 Å². The van der Waals surface area contributed by atoms with Crippen LogP contribution >= 0.6 is 0 Å². The van der Waals surface area contributed by atoms with Gasteiger partial charge in [0.15, 0.2) is 0 Å². The predicted octanol–water partition coefficient (Wildman–Crippen LogP) is 0.659. The zero-order chi connectivity index (χ0) is 21.2. The zero-order valence-electron chi connectivity index (χ0n) is 16.8. The molecule has 0 aromatic heterocycles. The van der Waals surface area contributed by atoms with Gasteiger partial charge in [-0.25, -0.2) is 0 Å². The maximum Gasteiger partial charge on any atom is 0.129 e. The van der Waals surface area contributed by atoms with Crippen LogP contribution < -0.4 is 0 Å². The normalized spacial score (nSPS) is 33.1. The van der Waals surface area contributed by atoms with Gasteiger partial charge in [-0.15, -0.1) is 0 Å². The Morgan fingerprint density at radius 1 is 1.03 bits per heavy atom. The molecular weight excluding hydrogens is 386 g/mol. The van der Waals surface area contributed by atoms with E-state index in [0.717, 1.165) is 36.1 Å². The van der Waals surface area contributed by atoms with Crippen LogP contribution in [0.1, 0.15) is 34.4 Å². The van der Waals surface area contributed by atoms with Crippen LogP contribution in [0.3, 0.4) is 0 Å². The van der Waals surface area contributed by atoms with E-state index >= 15 is 0 Å². The molecule has 5 N–H and O–H groups in total. The number of hydrogen-bond donors (Lipinski definition) is 5. The third kappa shape index (κ3) is 2.81. The number of ether oxygens (including phenoxy) is 1. The summed E-state index contributed by atoms with van der Waals surface area (Å²) in [5.41, 5.74) is 5.59. The molecule has 2 aromatic carbocycles. The first-order valence-electron chi connectivity index (χ1n) is 10.4. The molecule has 3 aliphatic rings. The lowest BCUT2D eigenvalue weighted by molar-refractivity contribution is -0.232. The van der Waals surface area contributed by atoms with Gasteiger partial charge < -0.3 is 30.3 Å². The highest BCUT2D eigenvalue weighted by Crippen LogP contribution is 2.50. The lowest BCUT2D eigenvalue weighted by Crippen LogP contribution is -2.55. The summed E-state index contributed by atoms with van der Waals surface area (Å²) >= 11 is 0. The highest BCUT2D eigenvalue weighted by molar-refractivity contribution is 5.81. The van der Waals surface area contributed by atoms with Crippen molar-refractivity contribution in [3.63, 3.8) is 0 Å². The molecule has 0 bridgehead atoms. The largest absolute Gasteiger partial charge is 0.507 e. The zero-order valence-corrected chi connectivity index (χ0v) is 16.8. The molecule has 7 heteroatoms. The number of phenols is 1. The molecule has 1 unspecified atom stereocenters. The fourth-order valence-corrected chi connectivity index (χ4v) is 5.29. The summed E-state index contributed by atoms with van der Waals surface area (Å²) in [4.78, 5) is 2.34. The van der Waals surface area contributed by atoms with Gasteiger partial charge in [-0.05, 0) is 42.1 Å². The molecule has 1 fully saturated rings. The van der Waals surface area contributed by atoms with Gasteiger partial charge in [0.2, 0.25) is 0 Å². The van der Waals surface area contributed by atoms with Crippen molar-refractivity contribution >= 4 is 0 Å². The topological polar surface area (TPSA) is 114 Å². The van der Waals surface area contributed by atoms with Gasteiger partial charge in [-0.1, -0.05) is 30.3 Å². The van der Waals surface area contributed by atoms with Crippen LogP contribution in [0.5, 0.6) is 5.75 Å². The monoisotopic (exact) mass is 413 g/mol. The standard InChI is InChI=1S/C23H27NO6/c1-24-8-7-11-3-2-4-13-17(11)15(24)9-12-5-6-14(19(26)18(12)13)23-22(29)21(28)20(27)16(10-25)30-23/h2-6,15-16,20-23,25-29H,7-10H2,1H3/t15?,16-,20-,21+,22-,23+/m1/s1. The smallest absolute Gasteiger partial charge is 0.129 e. The second-order valence-electron chi connectivity index (χ2n) is 8.62. The number of aliphatic hydroxyl groups is 4. The van der Waals surface area contributed by atoms with Crippen molar-refractivity contribution in [1.82, 2.24) is 4.90 Å².